The van der Waals surface area contributed by atoms with Crippen LogP contribution in [0.25, 0.3) is 11.1 Å². The summed E-state index contributed by atoms with van der Waals surface area (Å²) in [7, 11) is -0.428. The fourth-order valence-electron chi connectivity index (χ4n) is 2.72. The summed E-state index contributed by atoms with van der Waals surface area (Å²) in [6.07, 6.45) is 0. The molecular weight excluding hydrogens is 285 g/mol. The molecule has 1 aliphatic heterocycles. The van der Waals surface area contributed by atoms with Crippen LogP contribution in [-0.2, 0) is 9.31 Å². The Bertz CT molecular complexity index is 652. The second kappa shape index (κ2) is 5.79. The molecule has 1 fully saturated rings. The summed E-state index contributed by atoms with van der Waals surface area (Å²) in [5.41, 5.74) is 9.05. The topological polar surface area (TPSA) is 44.5 Å². The lowest BCUT2D eigenvalue weighted by Crippen LogP contribution is -2.41. The standard InChI is InChI=1S/C19H24BNO2/c1-18(2)19(3,4)23-20(22-18)17(21)16-12-10-15(11-13-16)14-8-6-5-7-9-14/h5-13,17H,21H2,1-4H3/t17-/m1/s1. The Kier molecular flexibility index (Phi) is 4.09. The summed E-state index contributed by atoms with van der Waals surface area (Å²) in [6, 6.07) is 18.6. The van der Waals surface area contributed by atoms with E-state index >= 15 is 0 Å². The summed E-state index contributed by atoms with van der Waals surface area (Å²) in [4.78, 5) is 0. The van der Waals surface area contributed by atoms with Gasteiger partial charge in [-0.25, -0.2) is 0 Å². The van der Waals surface area contributed by atoms with E-state index < -0.39 is 7.12 Å². The van der Waals surface area contributed by atoms with Crippen molar-refractivity contribution in [2.75, 3.05) is 0 Å². The van der Waals surface area contributed by atoms with Crippen LogP contribution >= 0.6 is 0 Å². The monoisotopic (exact) mass is 309 g/mol. The predicted molar refractivity (Wildman–Crippen MR) is 94.9 cm³/mol. The molecule has 0 aliphatic carbocycles. The Morgan fingerprint density at radius 1 is 0.783 bits per heavy atom. The highest BCUT2D eigenvalue weighted by molar-refractivity contribution is 6.47. The molecule has 3 nitrogen and oxygen atoms in total. The molecule has 4 heteroatoms. The minimum atomic E-state index is -0.428. The van der Waals surface area contributed by atoms with Crippen LogP contribution in [-0.4, -0.2) is 18.3 Å². The highest BCUT2D eigenvalue weighted by Crippen LogP contribution is 2.39. The van der Waals surface area contributed by atoms with Crippen LogP contribution in [0, 0.1) is 0 Å². The predicted octanol–water partition coefficient (Wildman–Crippen LogP) is 3.98. The maximum absolute atomic E-state index is 6.38. The van der Waals surface area contributed by atoms with E-state index in [9.17, 15) is 0 Å². The van der Waals surface area contributed by atoms with Crippen LogP contribution in [0.5, 0.6) is 0 Å². The molecule has 0 unspecified atom stereocenters. The van der Waals surface area contributed by atoms with Gasteiger partial charge >= 0.3 is 7.12 Å². The van der Waals surface area contributed by atoms with Gasteiger partial charge in [0.25, 0.3) is 0 Å². The fourth-order valence-corrected chi connectivity index (χ4v) is 2.72. The normalized spacial score (nSPS) is 20.5. The second-order valence-corrected chi connectivity index (χ2v) is 7.14. The summed E-state index contributed by atoms with van der Waals surface area (Å²) in [6.45, 7) is 8.16. The Morgan fingerprint density at radius 3 is 1.78 bits per heavy atom. The minimum absolute atomic E-state index is 0.305. The minimum Gasteiger partial charge on any atom is -0.402 e. The molecule has 0 spiro atoms. The van der Waals surface area contributed by atoms with Gasteiger partial charge in [-0.15, -0.1) is 0 Å². The summed E-state index contributed by atoms with van der Waals surface area (Å²) < 4.78 is 12.1. The number of hydrogen-bond acceptors (Lipinski definition) is 3. The highest BCUT2D eigenvalue weighted by atomic mass is 16.7. The molecule has 1 saturated heterocycles. The lowest BCUT2D eigenvalue weighted by Gasteiger charge is -2.32. The zero-order valence-electron chi connectivity index (χ0n) is 14.2. The maximum Gasteiger partial charge on any atom is 0.480 e. The first-order valence-electron chi connectivity index (χ1n) is 8.07. The molecule has 0 bridgehead atoms. The molecule has 0 aromatic heterocycles. The van der Waals surface area contributed by atoms with Gasteiger partial charge in [-0.3, -0.25) is 0 Å². The van der Waals surface area contributed by atoms with Crippen molar-refractivity contribution in [1.82, 2.24) is 0 Å². The van der Waals surface area contributed by atoms with E-state index in [0.29, 0.717) is 0 Å². The SMILES string of the molecule is CC1(C)OB([C@H](N)c2ccc(-c3ccccc3)cc2)OC1(C)C. The number of nitrogens with two attached hydrogens (primary N) is 1. The average Bonchev–Trinajstić information content (AvgIpc) is 2.76. The van der Waals surface area contributed by atoms with Crippen molar-refractivity contribution in [2.24, 2.45) is 5.73 Å². The first-order valence-corrected chi connectivity index (χ1v) is 8.07. The third kappa shape index (κ3) is 3.07. The molecule has 2 aromatic rings. The third-order valence-electron chi connectivity index (χ3n) is 4.97. The molecule has 1 heterocycles. The van der Waals surface area contributed by atoms with E-state index in [1.165, 1.54) is 11.1 Å². The summed E-state index contributed by atoms with van der Waals surface area (Å²) in [5.74, 6) is -0.305. The van der Waals surface area contributed by atoms with Crippen molar-refractivity contribution in [3.63, 3.8) is 0 Å². The van der Waals surface area contributed by atoms with Gasteiger partial charge in [0.05, 0.1) is 17.1 Å². The van der Waals surface area contributed by atoms with E-state index in [4.69, 9.17) is 15.0 Å². The maximum atomic E-state index is 6.38. The van der Waals surface area contributed by atoms with E-state index in [2.05, 4.69) is 36.4 Å². The van der Waals surface area contributed by atoms with Crippen LogP contribution in [0.2, 0.25) is 0 Å². The lowest BCUT2D eigenvalue weighted by molar-refractivity contribution is 0.00578. The summed E-state index contributed by atoms with van der Waals surface area (Å²) in [5, 5.41) is 0. The van der Waals surface area contributed by atoms with Gasteiger partial charge in [0.1, 0.15) is 0 Å². The molecule has 2 aromatic carbocycles. The van der Waals surface area contributed by atoms with Gasteiger partial charge in [-0.05, 0) is 44.4 Å². The first-order chi connectivity index (χ1) is 10.8. The van der Waals surface area contributed by atoms with Crippen molar-refractivity contribution >= 4 is 7.12 Å². The van der Waals surface area contributed by atoms with E-state index in [1.807, 2.05) is 45.9 Å². The summed E-state index contributed by atoms with van der Waals surface area (Å²) >= 11 is 0. The molecule has 0 saturated carbocycles. The van der Waals surface area contributed by atoms with E-state index in [0.717, 1.165) is 5.56 Å². The van der Waals surface area contributed by atoms with Gasteiger partial charge in [0.15, 0.2) is 0 Å². The van der Waals surface area contributed by atoms with Crippen molar-refractivity contribution in [2.45, 2.75) is 44.8 Å². The molecule has 0 amide bonds. The lowest BCUT2D eigenvalue weighted by atomic mass is 9.74. The number of hydrogen-bond donors (Lipinski definition) is 1. The largest absolute Gasteiger partial charge is 0.480 e. The van der Waals surface area contributed by atoms with Gasteiger partial charge in [0, 0.05) is 0 Å². The zero-order chi connectivity index (χ0) is 16.7. The van der Waals surface area contributed by atoms with Gasteiger partial charge in [0.2, 0.25) is 0 Å². The molecule has 1 aliphatic rings. The van der Waals surface area contributed by atoms with Crippen molar-refractivity contribution < 1.29 is 9.31 Å². The number of benzene rings is 2. The molecule has 0 radical (unpaired) electrons. The molecule has 23 heavy (non-hydrogen) atoms. The molecule has 2 N–H and O–H groups in total. The van der Waals surface area contributed by atoms with Gasteiger partial charge < -0.3 is 15.0 Å². The molecule has 3 rings (SSSR count). The van der Waals surface area contributed by atoms with Gasteiger partial charge in [-0.2, -0.15) is 0 Å². The van der Waals surface area contributed by atoms with Crippen LogP contribution in [0.3, 0.4) is 0 Å². The van der Waals surface area contributed by atoms with Crippen LogP contribution in [0.1, 0.15) is 39.2 Å². The van der Waals surface area contributed by atoms with Crippen molar-refractivity contribution in [3.05, 3.63) is 60.2 Å². The third-order valence-corrected chi connectivity index (χ3v) is 4.97. The smallest absolute Gasteiger partial charge is 0.402 e. The molecule has 120 valence electrons. The first kappa shape index (κ1) is 16.3. The second-order valence-electron chi connectivity index (χ2n) is 7.14. The van der Waals surface area contributed by atoms with Crippen molar-refractivity contribution in [3.8, 4) is 11.1 Å². The van der Waals surface area contributed by atoms with E-state index in [1.54, 1.807) is 0 Å². The zero-order valence-corrected chi connectivity index (χ0v) is 14.2. The van der Waals surface area contributed by atoms with Crippen LogP contribution in [0.15, 0.2) is 54.6 Å². The Balaban J connectivity index is 1.78. The van der Waals surface area contributed by atoms with Gasteiger partial charge in [-0.1, -0.05) is 54.6 Å². The molecular formula is C19H24BNO2. The quantitative estimate of drug-likeness (QED) is 0.872. The van der Waals surface area contributed by atoms with Crippen LogP contribution < -0.4 is 5.73 Å². The number of rotatable bonds is 3. The Morgan fingerprint density at radius 2 is 1.26 bits per heavy atom. The van der Waals surface area contributed by atoms with Crippen LogP contribution in [0.4, 0.5) is 0 Å². The Labute approximate surface area is 138 Å². The Hall–Kier alpha value is -1.62. The van der Waals surface area contributed by atoms with Crippen molar-refractivity contribution in [1.29, 1.82) is 0 Å². The molecule has 1 atom stereocenters. The van der Waals surface area contributed by atoms with E-state index in [-0.39, 0.29) is 17.1 Å². The highest BCUT2D eigenvalue weighted by Gasteiger charge is 2.53. The fraction of sp³-hybridized carbons (Fsp3) is 0.368. The average molecular weight is 309 g/mol.